The SMILES string of the molecule is Cc1cc(F)ccc1NC(=O)[C@@H]1CC(=O)N(c2ccccc2Br)C1. The number of nitrogens with zero attached hydrogens (tertiary/aromatic N) is 1. The molecule has 0 saturated carbocycles. The summed E-state index contributed by atoms with van der Waals surface area (Å²) < 4.78 is 14.0. The monoisotopic (exact) mass is 390 g/mol. The summed E-state index contributed by atoms with van der Waals surface area (Å²) in [4.78, 5) is 26.4. The fourth-order valence-electron chi connectivity index (χ4n) is 2.79. The molecule has 1 fully saturated rings. The quantitative estimate of drug-likeness (QED) is 0.863. The van der Waals surface area contributed by atoms with E-state index in [0.29, 0.717) is 17.8 Å². The van der Waals surface area contributed by atoms with Gasteiger partial charge >= 0.3 is 0 Å². The number of rotatable bonds is 3. The minimum Gasteiger partial charge on any atom is -0.326 e. The van der Waals surface area contributed by atoms with Gasteiger partial charge in [-0.25, -0.2) is 4.39 Å². The summed E-state index contributed by atoms with van der Waals surface area (Å²) in [5.74, 6) is -1.10. The lowest BCUT2D eigenvalue weighted by Gasteiger charge is -2.18. The Hall–Kier alpha value is -2.21. The highest BCUT2D eigenvalue weighted by molar-refractivity contribution is 9.10. The number of anilines is 2. The molecule has 0 bridgehead atoms. The van der Waals surface area contributed by atoms with Crippen molar-refractivity contribution in [2.24, 2.45) is 5.92 Å². The maximum atomic E-state index is 13.1. The first-order valence-electron chi connectivity index (χ1n) is 7.57. The number of halogens is 2. The number of nitrogens with one attached hydrogen (secondary N) is 1. The van der Waals surface area contributed by atoms with Crippen molar-refractivity contribution in [1.82, 2.24) is 0 Å². The van der Waals surface area contributed by atoms with Crippen LogP contribution in [0, 0.1) is 18.7 Å². The Balaban J connectivity index is 1.73. The van der Waals surface area contributed by atoms with Crippen LogP contribution in [-0.4, -0.2) is 18.4 Å². The lowest BCUT2D eigenvalue weighted by atomic mass is 10.1. The van der Waals surface area contributed by atoms with Gasteiger partial charge in [-0.05, 0) is 58.7 Å². The van der Waals surface area contributed by atoms with Crippen molar-refractivity contribution in [2.75, 3.05) is 16.8 Å². The molecule has 1 heterocycles. The third-order valence-electron chi connectivity index (χ3n) is 4.09. The van der Waals surface area contributed by atoms with Crippen molar-refractivity contribution in [3.8, 4) is 0 Å². The van der Waals surface area contributed by atoms with Crippen LogP contribution in [0.2, 0.25) is 0 Å². The average molecular weight is 391 g/mol. The van der Waals surface area contributed by atoms with E-state index < -0.39 is 5.92 Å². The summed E-state index contributed by atoms with van der Waals surface area (Å²) in [6.45, 7) is 2.05. The molecule has 1 aliphatic heterocycles. The molecular weight excluding hydrogens is 375 g/mol. The molecular formula is C18H16BrFN2O2. The second-order valence-corrected chi connectivity index (χ2v) is 6.66. The van der Waals surface area contributed by atoms with Gasteiger partial charge in [0.05, 0.1) is 11.6 Å². The minimum atomic E-state index is -0.436. The number of amides is 2. The molecule has 1 N–H and O–H groups in total. The summed E-state index contributed by atoms with van der Waals surface area (Å²) in [6.07, 6.45) is 0.160. The molecule has 0 spiro atoms. The second-order valence-electron chi connectivity index (χ2n) is 5.81. The minimum absolute atomic E-state index is 0.0853. The lowest BCUT2D eigenvalue weighted by Crippen LogP contribution is -2.28. The molecule has 4 nitrogen and oxygen atoms in total. The topological polar surface area (TPSA) is 49.4 Å². The standard InChI is InChI=1S/C18H16BrFN2O2/c1-11-8-13(20)6-7-15(11)21-18(24)12-9-17(23)22(10-12)16-5-3-2-4-14(16)19/h2-8,12H,9-10H2,1H3,(H,21,24)/t12-/m1/s1. The van der Waals surface area contributed by atoms with Crippen LogP contribution < -0.4 is 10.2 Å². The fraction of sp³-hybridized carbons (Fsp3) is 0.222. The van der Waals surface area contributed by atoms with Crippen molar-refractivity contribution in [3.63, 3.8) is 0 Å². The first kappa shape index (κ1) is 16.6. The van der Waals surface area contributed by atoms with Crippen molar-refractivity contribution in [2.45, 2.75) is 13.3 Å². The molecule has 0 unspecified atom stereocenters. The van der Waals surface area contributed by atoms with Crippen molar-refractivity contribution >= 4 is 39.1 Å². The molecule has 6 heteroatoms. The Bertz CT molecular complexity index is 809. The Morgan fingerprint density at radius 2 is 2.04 bits per heavy atom. The molecule has 2 aromatic carbocycles. The lowest BCUT2D eigenvalue weighted by molar-refractivity contribution is -0.122. The zero-order valence-corrected chi connectivity index (χ0v) is 14.6. The Kier molecular flexibility index (Phi) is 4.66. The number of para-hydroxylation sites is 1. The first-order valence-corrected chi connectivity index (χ1v) is 8.37. The Labute approximate surface area is 147 Å². The van der Waals surface area contributed by atoms with Gasteiger partial charge in [0.2, 0.25) is 11.8 Å². The molecule has 124 valence electrons. The normalized spacial score (nSPS) is 17.2. The molecule has 3 rings (SSSR count). The van der Waals surface area contributed by atoms with Gasteiger partial charge in [0.25, 0.3) is 0 Å². The summed E-state index contributed by atoms with van der Waals surface area (Å²) in [5, 5.41) is 2.79. The summed E-state index contributed by atoms with van der Waals surface area (Å²) in [7, 11) is 0. The third-order valence-corrected chi connectivity index (χ3v) is 4.76. The fourth-order valence-corrected chi connectivity index (χ4v) is 3.29. The van der Waals surface area contributed by atoms with Crippen LogP contribution in [0.4, 0.5) is 15.8 Å². The largest absolute Gasteiger partial charge is 0.326 e. The van der Waals surface area contributed by atoms with Gasteiger partial charge in [-0.15, -0.1) is 0 Å². The van der Waals surface area contributed by atoms with Gasteiger partial charge in [-0.2, -0.15) is 0 Å². The number of hydrogen-bond acceptors (Lipinski definition) is 2. The van der Waals surface area contributed by atoms with Crippen molar-refractivity contribution < 1.29 is 14.0 Å². The van der Waals surface area contributed by atoms with Gasteiger partial charge in [0.1, 0.15) is 5.82 Å². The number of aryl methyl sites for hydroxylation is 1. The van der Waals surface area contributed by atoms with Gasteiger partial charge in [-0.3, -0.25) is 9.59 Å². The Morgan fingerprint density at radius 3 is 2.75 bits per heavy atom. The van der Waals surface area contributed by atoms with E-state index in [4.69, 9.17) is 0 Å². The summed E-state index contributed by atoms with van der Waals surface area (Å²) in [5.41, 5.74) is 1.97. The van der Waals surface area contributed by atoms with Crippen LogP contribution in [0.15, 0.2) is 46.9 Å². The molecule has 1 aliphatic rings. The van der Waals surface area contributed by atoms with E-state index >= 15 is 0 Å². The van der Waals surface area contributed by atoms with Crippen LogP contribution in [0.1, 0.15) is 12.0 Å². The predicted molar refractivity (Wildman–Crippen MR) is 94.4 cm³/mol. The van der Waals surface area contributed by atoms with E-state index in [-0.39, 0.29) is 24.1 Å². The third kappa shape index (κ3) is 3.33. The second kappa shape index (κ2) is 6.73. The van der Waals surface area contributed by atoms with Crippen LogP contribution >= 0.6 is 15.9 Å². The van der Waals surface area contributed by atoms with Gasteiger partial charge in [0, 0.05) is 23.1 Å². The molecule has 1 saturated heterocycles. The molecule has 2 aromatic rings. The van der Waals surface area contributed by atoms with Crippen LogP contribution in [0.3, 0.4) is 0 Å². The maximum absolute atomic E-state index is 13.1. The van der Waals surface area contributed by atoms with Crippen LogP contribution in [0.5, 0.6) is 0 Å². The Morgan fingerprint density at radius 1 is 1.29 bits per heavy atom. The number of carbonyl (C=O) groups excluding carboxylic acids is 2. The summed E-state index contributed by atoms with van der Waals surface area (Å²) >= 11 is 3.43. The molecule has 2 amide bonds. The van der Waals surface area contributed by atoms with E-state index in [0.717, 1.165) is 10.2 Å². The molecule has 24 heavy (non-hydrogen) atoms. The highest BCUT2D eigenvalue weighted by Crippen LogP contribution is 2.31. The number of benzene rings is 2. The van der Waals surface area contributed by atoms with Crippen molar-refractivity contribution in [3.05, 3.63) is 58.3 Å². The zero-order valence-electron chi connectivity index (χ0n) is 13.1. The van der Waals surface area contributed by atoms with E-state index in [9.17, 15) is 14.0 Å². The molecule has 1 atom stereocenters. The van der Waals surface area contributed by atoms with E-state index in [1.807, 2.05) is 24.3 Å². The molecule has 0 aromatic heterocycles. The van der Waals surface area contributed by atoms with Gasteiger partial charge in [0.15, 0.2) is 0 Å². The van der Waals surface area contributed by atoms with E-state index in [1.165, 1.54) is 18.2 Å². The summed E-state index contributed by atoms with van der Waals surface area (Å²) in [6, 6.07) is 11.6. The van der Waals surface area contributed by atoms with E-state index in [1.54, 1.807) is 11.8 Å². The first-order chi connectivity index (χ1) is 11.5. The molecule has 0 aliphatic carbocycles. The van der Waals surface area contributed by atoms with E-state index in [2.05, 4.69) is 21.2 Å². The van der Waals surface area contributed by atoms with Gasteiger partial charge in [-0.1, -0.05) is 12.1 Å². The predicted octanol–water partition coefficient (Wildman–Crippen LogP) is 3.89. The van der Waals surface area contributed by atoms with Crippen molar-refractivity contribution in [1.29, 1.82) is 0 Å². The number of carbonyl (C=O) groups is 2. The average Bonchev–Trinajstić information content (AvgIpc) is 2.92. The molecule has 0 radical (unpaired) electrons. The zero-order chi connectivity index (χ0) is 17.3. The van der Waals surface area contributed by atoms with Crippen LogP contribution in [0.25, 0.3) is 0 Å². The maximum Gasteiger partial charge on any atom is 0.229 e. The highest BCUT2D eigenvalue weighted by atomic mass is 79.9. The number of hydrogen-bond donors (Lipinski definition) is 1. The smallest absolute Gasteiger partial charge is 0.229 e. The highest BCUT2D eigenvalue weighted by Gasteiger charge is 2.35. The van der Waals surface area contributed by atoms with Gasteiger partial charge < -0.3 is 10.2 Å². The van der Waals surface area contributed by atoms with Crippen LogP contribution in [-0.2, 0) is 9.59 Å².